The first-order valence-electron chi connectivity index (χ1n) is 10.2. The van der Waals surface area contributed by atoms with Crippen LogP contribution in [0.5, 0.6) is 5.75 Å². The summed E-state index contributed by atoms with van der Waals surface area (Å²) in [6, 6.07) is 16.5. The molecule has 0 saturated heterocycles. The van der Waals surface area contributed by atoms with E-state index in [2.05, 4.69) is 18.8 Å². The van der Waals surface area contributed by atoms with Crippen LogP contribution in [-0.4, -0.2) is 35.0 Å². The predicted octanol–water partition coefficient (Wildman–Crippen LogP) is 5.32. The zero-order chi connectivity index (χ0) is 22.4. The molecule has 6 nitrogen and oxygen atoms in total. The van der Waals surface area contributed by atoms with Crippen molar-refractivity contribution in [3.63, 3.8) is 0 Å². The monoisotopic (exact) mass is 418 g/mol. The average Bonchev–Trinajstić information content (AvgIpc) is 2.78. The van der Waals surface area contributed by atoms with Crippen LogP contribution in [0.15, 0.2) is 67.0 Å². The molecule has 0 amide bonds. The molecule has 6 heteroatoms. The summed E-state index contributed by atoms with van der Waals surface area (Å²) in [5.41, 5.74) is 3.03. The van der Waals surface area contributed by atoms with Gasteiger partial charge in [-0.15, -0.1) is 0 Å². The second kappa shape index (κ2) is 9.89. The molecule has 1 N–H and O–H groups in total. The van der Waals surface area contributed by atoms with Crippen LogP contribution in [0.1, 0.15) is 53.0 Å². The fourth-order valence-electron chi connectivity index (χ4n) is 3.42. The van der Waals surface area contributed by atoms with Gasteiger partial charge in [0.2, 0.25) is 0 Å². The average molecular weight is 418 g/mol. The van der Waals surface area contributed by atoms with E-state index in [1.807, 2.05) is 48.2 Å². The molecule has 160 valence electrons. The number of carboxylic acid groups (broad SMARTS) is 1. The summed E-state index contributed by atoms with van der Waals surface area (Å²) in [6.07, 6.45) is 2.92. The molecule has 0 aliphatic heterocycles. The Morgan fingerprint density at radius 3 is 2.48 bits per heavy atom. The first-order valence-corrected chi connectivity index (χ1v) is 10.2. The van der Waals surface area contributed by atoms with Crippen molar-refractivity contribution in [3.8, 4) is 5.75 Å². The number of hydrogen-bond donors (Lipinski definition) is 1. The number of pyridine rings is 1. The van der Waals surface area contributed by atoms with Crippen molar-refractivity contribution in [1.82, 2.24) is 4.98 Å². The number of carboxylic acids is 1. The molecule has 0 radical (unpaired) electrons. The normalized spacial score (nSPS) is 10.7. The van der Waals surface area contributed by atoms with Crippen molar-refractivity contribution < 1.29 is 19.4 Å². The molecule has 1 aromatic heterocycles. The van der Waals surface area contributed by atoms with Crippen LogP contribution >= 0.6 is 0 Å². The highest BCUT2D eigenvalue weighted by Gasteiger charge is 2.19. The fourth-order valence-corrected chi connectivity index (χ4v) is 3.42. The van der Waals surface area contributed by atoms with E-state index in [0.29, 0.717) is 23.5 Å². The first-order chi connectivity index (χ1) is 14.9. The zero-order valence-corrected chi connectivity index (χ0v) is 17.9. The highest BCUT2D eigenvalue weighted by atomic mass is 16.5. The maximum absolute atomic E-state index is 12.5. The van der Waals surface area contributed by atoms with Gasteiger partial charge >= 0.3 is 5.97 Å². The number of Topliss-reactive ketones (excluding diaryl/α,β-unsaturated/α-hetero) is 1. The summed E-state index contributed by atoms with van der Waals surface area (Å²) >= 11 is 0. The summed E-state index contributed by atoms with van der Waals surface area (Å²) in [4.78, 5) is 30.0. The van der Waals surface area contributed by atoms with Gasteiger partial charge in [0, 0.05) is 36.3 Å². The highest BCUT2D eigenvalue weighted by Crippen LogP contribution is 2.35. The molecule has 0 atom stereocenters. The SMILES string of the molecule is CCN(c1ccc(C(C)C)c(OCC(=O)c2ccccc2)c1)c1ccncc1C(=O)O. The lowest BCUT2D eigenvalue weighted by Gasteiger charge is -2.26. The van der Waals surface area contributed by atoms with Gasteiger partial charge in [-0.1, -0.05) is 50.2 Å². The summed E-state index contributed by atoms with van der Waals surface area (Å²) in [5, 5.41) is 9.55. The number of anilines is 2. The third-order valence-corrected chi connectivity index (χ3v) is 5.02. The van der Waals surface area contributed by atoms with Crippen LogP contribution in [0.3, 0.4) is 0 Å². The van der Waals surface area contributed by atoms with Gasteiger partial charge in [0.25, 0.3) is 0 Å². The predicted molar refractivity (Wildman–Crippen MR) is 121 cm³/mol. The molecule has 3 aromatic rings. The van der Waals surface area contributed by atoms with Crippen LogP contribution in [0.4, 0.5) is 11.4 Å². The lowest BCUT2D eigenvalue weighted by Crippen LogP contribution is -2.20. The van der Waals surface area contributed by atoms with E-state index in [9.17, 15) is 14.7 Å². The molecule has 0 unspecified atom stereocenters. The summed E-state index contributed by atoms with van der Waals surface area (Å²) in [7, 11) is 0. The van der Waals surface area contributed by atoms with Gasteiger partial charge in [-0.3, -0.25) is 9.78 Å². The van der Waals surface area contributed by atoms with Gasteiger partial charge in [-0.05, 0) is 30.5 Å². The number of carbonyl (C=O) groups excluding carboxylic acids is 1. The Balaban J connectivity index is 1.94. The number of nitrogens with zero attached hydrogens (tertiary/aromatic N) is 2. The van der Waals surface area contributed by atoms with Gasteiger partial charge in [-0.25, -0.2) is 4.79 Å². The van der Waals surface area contributed by atoms with E-state index >= 15 is 0 Å². The Kier molecular flexibility index (Phi) is 7.03. The van der Waals surface area contributed by atoms with Crippen molar-refractivity contribution in [3.05, 3.63) is 83.7 Å². The Morgan fingerprint density at radius 2 is 1.84 bits per heavy atom. The van der Waals surface area contributed by atoms with Crippen LogP contribution < -0.4 is 9.64 Å². The van der Waals surface area contributed by atoms with Crippen LogP contribution in [0, 0.1) is 0 Å². The number of ketones is 1. The molecule has 0 bridgehead atoms. The Hall–Kier alpha value is -3.67. The number of aromatic nitrogens is 1. The molecule has 31 heavy (non-hydrogen) atoms. The van der Waals surface area contributed by atoms with E-state index in [-0.39, 0.29) is 23.9 Å². The summed E-state index contributed by atoms with van der Waals surface area (Å²) in [6.45, 7) is 6.54. The van der Waals surface area contributed by atoms with Crippen molar-refractivity contribution in [2.45, 2.75) is 26.7 Å². The molecule has 2 aromatic carbocycles. The zero-order valence-electron chi connectivity index (χ0n) is 17.9. The molecule has 0 spiro atoms. The Labute approximate surface area is 182 Å². The third-order valence-electron chi connectivity index (χ3n) is 5.02. The van der Waals surface area contributed by atoms with E-state index in [0.717, 1.165) is 11.3 Å². The number of aromatic carboxylic acids is 1. The van der Waals surface area contributed by atoms with E-state index in [4.69, 9.17) is 4.74 Å². The molecular weight excluding hydrogens is 392 g/mol. The quantitative estimate of drug-likeness (QED) is 0.474. The number of carbonyl (C=O) groups is 2. The smallest absolute Gasteiger partial charge is 0.339 e. The molecule has 1 heterocycles. The highest BCUT2D eigenvalue weighted by molar-refractivity contribution is 5.97. The van der Waals surface area contributed by atoms with Crippen LogP contribution in [0.25, 0.3) is 0 Å². The van der Waals surface area contributed by atoms with Crippen molar-refractivity contribution in [1.29, 1.82) is 0 Å². The molecule has 0 saturated carbocycles. The minimum absolute atomic E-state index is 0.0745. The minimum atomic E-state index is -1.04. The molecule has 0 fully saturated rings. The largest absolute Gasteiger partial charge is 0.485 e. The summed E-state index contributed by atoms with van der Waals surface area (Å²) < 4.78 is 5.96. The minimum Gasteiger partial charge on any atom is -0.485 e. The number of benzene rings is 2. The third kappa shape index (κ3) is 5.09. The maximum atomic E-state index is 12.5. The standard InChI is InChI=1S/C25H26N2O4/c1-4-27(22-12-13-26-15-21(22)25(29)30)19-10-11-20(17(2)3)24(14-19)31-16-23(28)18-8-6-5-7-9-18/h5-15,17H,4,16H2,1-3H3,(H,29,30). The van der Waals surface area contributed by atoms with Gasteiger partial charge in [0.05, 0.1) is 5.69 Å². The lowest BCUT2D eigenvalue weighted by atomic mass is 10.0. The number of ether oxygens (including phenoxy) is 1. The van der Waals surface area contributed by atoms with Gasteiger partial charge in [0.1, 0.15) is 11.3 Å². The second-order valence-corrected chi connectivity index (χ2v) is 7.40. The Morgan fingerprint density at radius 1 is 1.10 bits per heavy atom. The maximum Gasteiger partial charge on any atom is 0.339 e. The van der Waals surface area contributed by atoms with Crippen LogP contribution in [-0.2, 0) is 0 Å². The topological polar surface area (TPSA) is 79.7 Å². The van der Waals surface area contributed by atoms with Crippen LogP contribution in [0.2, 0.25) is 0 Å². The summed E-state index contributed by atoms with van der Waals surface area (Å²) in [5.74, 6) is -0.330. The van der Waals surface area contributed by atoms with Gasteiger partial charge in [0.15, 0.2) is 12.4 Å². The molecular formula is C25H26N2O4. The fraction of sp³-hybridized carbons (Fsp3) is 0.240. The van der Waals surface area contributed by atoms with E-state index in [1.54, 1.807) is 24.4 Å². The van der Waals surface area contributed by atoms with E-state index in [1.165, 1.54) is 6.20 Å². The van der Waals surface area contributed by atoms with Crippen molar-refractivity contribution in [2.75, 3.05) is 18.1 Å². The molecule has 0 aliphatic rings. The van der Waals surface area contributed by atoms with Crippen molar-refractivity contribution >= 4 is 23.1 Å². The second-order valence-electron chi connectivity index (χ2n) is 7.40. The Bertz CT molecular complexity index is 1060. The number of rotatable bonds is 9. The van der Waals surface area contributed by atoms with Gasteiger partial charge in [-0.2, -0.15) is 0 Å². The molecule has 0 aliphatic carbocycles. The lowest BCUT2D eigenvalue weighted by molar-refractivity contribution is 0.0697. The molecule has 3 rings (SSSR count). The number of hydrogen-bond acceptors (Lipinski definition) is 5. The first kappa shape index (κ1) is 22.0. The van der Waals surface area contributed by atoms with Crippen molar-refractivity contribution in [2.24, 2.45) is 0 Å². The van der Waals surface area contributed by atoms with Gasteiger partial charge < -0.3 is 14.7 Å². The van der Waals surface area contributed by atoms with E-state index < -0.39 is 5.97 Å².